The summed E-state index contributed by atoms with van der Waals surface area (Å²) in [5.41, 5.74) is 0. The summed E-state index contributed by atoms with van der Waals surface area (Å²) in [6.07, 6.45) is 69.3. The summed E-state index contributed by atoms with van der Waals surface area (Å²) in [5.74, 6) is -1.05. The van der Waals surface area contributed by atoms with Gasteiger partial charge >= 0.3 is 17.9 Å². The van der Waals surface area contributed by atoms with Gasteiger partial charge in [-0.2, -0.15) is 0 Å². The van der Waals surface area contributed by atoms with Crippen LogP contribution in [0.1, 0.15) is 149 Å². The minimum absolute atomic E-state index is 0.131. The highest BCUT2D eigenvalue weighted by molar-refractivity contribution is 5.71. The fraction of sp³-hybridized carbons (Fsp3) is 0.473. The van der Waals surface area contributed by atoms with Gasteiger partial charge in [0.15, 0.2) is 6.10 Å². The molecule has 0 saturated heterocycles. The van der Waals surface area contributed by atoms with Gasteiger partial charge in [0.2, 0.25) is 0 Å². The molecular formula is C55H80O6. The predicted octanol–water partition coefficient (Wildman–Crippen LogP) is 15.1. The van der Waals surface area contributed by atoms with Crippen molar-refractivity contribution in [2.45, 2.75) is 155 Å². The van der Waals surface area contributed by atoms with E-state index in [1.807, 2.05) is 109 Å². The number of carbonyl (C=O) groups is 3. The predicted molar refractivity (Wildman–Crippen MR) is 260 cm³/mol. The van der Waals surface area contributed by atoms with Crippen molar-refractivity contribution in [3.8, 4) is 0 Å². The lowest BCUT2D eigenvalue weighted by Gasteiger charge is -2.18. The van der Waals surface area contributed by atoms with Crippen molar-refractivity contribution in [3.05, 3.63) is 158 Å². The third kappa shape index (κ3) is 46.0. The minimum atomic E-state index is -0.831. The highest BCUT2D eigenvalue weighted by atomic mass is 16.6. The van der Waals surface area contributed by atoms with Crippen molar-refractivity contribution < 1.29 is 28.6 Å². The van der Waals surface area contributed by atoms with Gasteiger partial charge in [0.05, 0.1) is 0 Å². The fourth-order valence-corrected chi connectivity index (χ4v) is 5.42. The maximum absolute atomic E-state index is 12.8. The Labute approximate surface area is 371 Å². The molecule has 6 nitrogen and oxygen atoms in total. The Morgan fingerprint density at radius 3 is 0.934 bits per heavy atom. The standard InChI is InChI=1S/C55H80O6/c1-4-7-10-13-16-19-22-25-27-30-33-36-39-42-45-48-54(57)60-51-52(50-59-53(56)47-44-41-38-35-32-29-24-21-18-15-12-9-6-3)61-55(58)49-46-43-40-37-34-31-28-26-23-20-17-14-11-8-5-2/h7-30,32-33,52H,4-6,31,34-51H2,1-3H3/b10-7+,11-8+,12-9+,16-13+,17-14+,18-15+,22-19+,23-20+,24-21+,27-25+,28-26+,32-29+,33-30+. The molecule has 0 radical (unpaired) electrons. The largest absolute Gasteiger partial charge is 0.462 e. The van der Waals surface area contributed by atoms with E-state index >= 15 is 0 Å². The molecule has 0 bridgehead atoms. The Morgan fingerprint density at radius 2 is 0.590 bits per heavy atom. The lowest BCUT2D eigenvalue weighted by molar-refractivity contribution is -0.167. The van der Waals surface area contributed by atoms with Crippen molar-refractivity contribution in [1.29, 1.82) is 0 Å². The monoisotopic (exact) mass is 837 g/mol. The molecular weight excluding hydrogens is 757 g/mol. The number of ether oxygens (including phenoxy) is 3. The van der Waals surface area contributed by atoms with Crippen LogP contribution in [0.5, 0.6) is 0 Å². The summed E-state index contributed by atoms with van der Waals surface area (Å²) in [5, 5.41) is 0. The maximum atomic E-state index is 12.8. The summed E-state index contributed by atoms with van der Waals surface area (Å²) < 4.78 is 16.6. The summed E-state index contributed by atoms with van der Waals surface area (Å²) in [7, 11) is 0. The minimum Gasteiger partial charge on any atom is -0.462 e. The van der Waals surface area contributed by atoms with Crippen molar-refractivity contribution in [2.24, 2.45) is 0 Å². The van der Waals surface area contributed by atoms with Gasteiger partial charge in [0, 0.05) is 19.3 Å². The van der Waals surface area contributed by atoms with Crippen LogP contribution in [0.4, 0.5) is 0 Å². The van der Waals surface area contributed by atoms with E-state index in [4.69, 9.17) is 14.2 Å². The average Bonchev–Trinajstić information content (AvgIpc) is 3.26. The zero-order valence-corrected chi connectivity index (χ0v) is 38.1. The molecule has 0 saturated carbocycles. The summed E-state index contributed by atoms with van der Waals surface area (Å²) in [6, 6.07) is 0. The van der Waals surface area contributed by atoms with Crippen LogP contribution in [-0.2, 0) is 28.6 Å². The van der Waals surface area contributed by atoms with Gasteiger partial charge in [-0.25, -0.2) is 0 Å². The number of carbonyl (C=O) groups excluding carboxylic acids is 3. The zero-order valence-electron chi connectivity index (χ0n) is 38.1. The van der Waals surface area contributed by atoms with Gasteiger partial charge in [-0.05, 0) is 77.0 Å². The maximum Gasteiger partial charge on any atom is 0.306 e. The molecule has 0 rings (SSSR count). The summed E-state index contributed by atoms with van der Waals surface area (Å²) in [6.45, 7) is 6.07. The first-order chi connectivity index (χ1) is 30.0. The molecule has 61 heavy (non-hydrogen) atoms. The van der Waals surface area contributed by atoms with E-state index in [1.165, 1.54) is 0 Å². The van der Waals surface area contributed by atoms with Crippen LogP contribution in [-0.4, -0.2) is 37.2 Å². The van der Waals surface area contributed by atoms with E-state index in [1.54, 1.807) is 0 Å². The van der Waals surface area contributed by atoms with E-state index in [0.717, 1.165) is 103 Å². The van der Waals surface area contributed by atoms with Crippen LogP contribution in [0.15, 0.2) is 158 Å². The molecule has 0 amide bonds. The average molecular weight is 837 g/mol. The van der Waals surface area contributed by atoms with Gasteiger partial charge in [-0.15, -0.1) is 0 Å². The van der Waals surface area contributed by atoms with Crippen molar-refractivity contribution in [2.75, 3.05) is 13.2 Å². The smallest absolute Gasteiger partial charge is 0.306 e. The summed E-state index contributed by atoms with van der Waals surface area (Å²) in [4.78, 5) is 37.8. The number of hydrogen-bond acceptors (Lipinski definition) is 6. The highest BCUT2D eigenvalue weighted by Gasteiger charge is 2.19. The van der Waals surface area contributed by atoms with Gasteiger partial charge < -0.3 is 14.2 Å². The van der Waals surface area contributed by atoms with Gasteiger partial charge in [0.1, 0.15) is 13.2 Å². The molecule has 336 valence electrons. The Bertz CT molecular complexity index is 1470. The Hall–Kier alpha value is -4.97. The van der Waals surface area contributed by atoms with Gasteiger partial charge in [-0.3, -0.25) is 14.4 Å². The molecule has 0 aliphatic heterocycles. The zero-order chi connectivity index (χ0) is 44.4. The normalized spacial score (nSPS) is 13.6. The molecule has 0 N–H and O–H groups in total. The molecule has 0 aromatic carbocycles. The van der Waals surface area contributed by atoms with Crippen molar-refractivity contribution in [3.63, 3.8) is 0 Å². The van der Waals surface area contributed by atoms with Gasteiger partial charge in [-0.1, -0.05) is 211 Å². The number of unbranched alkanes of at least 4 members (excludes halogenated alkanes) is 11. The van der Waals surface area contributed by atoms with Crippen LogP contribution in [0.25, 0.3) is 0 Å². The first-order valence-electron chi connectivity index (χ1n) is 23.2. The van der Waals surface area contributed by atoms with Crippen molar-refractivity contribution >= 4 is 17.9 Å². The van der Waals surface area contributed by atoms with E-state index < -0.39 is 6.10 Å². The SMILES string of the molecule is CC/C=C/C=C/C=C/C=C/C=C/CCCCCC(=O)OCC(COC(=O)CCCCC/C=C/C=C/C=C/C=C/CC)OC(=O)CCCCCCC/C=C/C=C/C=C/C=C/CC. The topological polar surface area (TPSA) is 78.9 Å². The van der Waals surface area contributed by atoms with Crippen LogP contribution in [0.3, 0.4) is 0 Å². The quantitative estimate of drug-likeness (QED) is 0.0267. The van der Waals surface area contributed by atoms with Crippen LogP contribution in [0.2, 0.25) is 0 Å². The molecule has 1 atom stereocenters. The van der Waals surface area contributed by atoms with Crippen LogP contribution < -0.4 is 0 Å². The van der Waals surface area contributed by atoms with E-state index in [-0.39, 0.29) is 50.4 Å². The lowest BCUT2D eigenvalue weighted by atomic mass is 10.1. The van der Waals surface area contributed by atoms with E-state index in [9.17, 15) is 14.4 Å². The molecule has 0 aromatic heterocycles. The molecule has 6 heteroatoms. The van der Waals surface area contributed by atoms with E-state index in [0.29, 0.717) is 6.42 Å². The number of hydrogen-bond donors (Lipinski definition) is 0. The Kier molecular flexibility index (Phi) is 43.8. The summed E-state index contributed by atoms with van der Waals surface area (Å²) >= 11 is 0. The Morgan fingerprint density at radius 1 is 0.328 bits per heavy atom. The van der Waals surface area contributed by atoms with Gasteiger partial charge in [0.25, 0.3) is 0 Å². The number of allylic oxidation sites excluding steroid dienone is 26. The third-order valence-corrected chi connectivity index (χ3v) is 8.83. The Balaban J connectivity index is 4.63. The highest BCUT2D eigenvalue weighted by Crippen LogP contribution is 2.11. The van der Waals surface area contributed by atoms with Crippen LogP contribution in [0, 0.1) is 0 Å². The second-order valence-electron chi connectivity index (χ2n) is 14.5. The number of rotatable bonds is 38. The lowest BCUT2D eigenvalue weighted by Crippen LogP contribution is -2.30. The number of esters is 3. The second kappa shape index (κ2) is 47.7. The molecule has 0 aromatic rings. The third-order valence-electron chi connectivity index (χ3n) is 8.83. The molecule has 1 unspecified atom stereocenters. The fourth-order valence-electron chi connectivity index (χ4n) is 5.42. The molecule has 0 aliphatic rings. The van der Waals surface area contributed by atoms with E-state index in [2.05, 4.69) is 69.4 Å². The first-order valence-corrected chi connectivity index (χ1v) is 23.2. The molecule has 0 aliphatic carbocycles. The molecule has 0 fully saturated rings. The first kappa shape index (κ1) is 56.0. The molecule has 0 heterocycles. The molecule has 0 spiro atoms. The van der Waals surface area contributed by atoms with Crippen LogP contribution >= 0.6 is 0 Å². The van der Waals surface area contributed by atoms with Crippen molar-refractivity contribution in [1.82, 2.24) is 0 Å². The second-order valence-corrected chi connectivity index (χ2v) is 14.5.